The molecule has 0 saturated carbocycles. The van der Waals surface area contributed by atoms with Crippen molar-refractivity contribution in [1.82, 2.24) is 9.55 Å². The lowest BCUT2D eigenvalue weighted by Gasteiger charge is -2.12. The van der Waals surface area contributed by atoms with Crippen molar-refractivity contribution in [1.29, 1.82) is 0 Å². The molecule has 126 valence electrons. The lowest BCUT2D eigenvalue weighted by Crippen LogP contribution is -2.09. The van der Waals surface area contributed by atoms with Crippen LogP contribution in [0.25, 0.3) is 11.0 Å². The maximum atomic E-state index is 9.97. The highest BCUT2D eigenvalue weighted by Gasteiger charge is 2.14. The van der Waals surface area contributed by atoms with Gasteiger partial charge in [0.1, 0.15) is 17.7 Å². The summed E-state index contributed by atoms with van der Waals surface area (Å²) in [4.78, 5) is 4.54. The summed E-state index contributed by atoms with van der Waals surface area (Å²) in [5.41, 5.74) is 3.29. The SMILES string of the molecule is CCc1ccc(OCCCn2c([C@H](C)O)nc3ccccc32)cc1. The predicted octanol–water partition coefficient (Wildman–Crippen LogP) is 4.12. The summed E-state index contributed by atoms with van der Waals surface area (Å²) >= 11 is 0. The number of para-hydroxylation sites is 2. The monoisotopic (exact) mass is 324 g/mol. The predicted molar refractivity (Wildman–Crippen MR) is 96.3 cm³/mol. The molecular formula is C20H24N2O2. The van der Waals surface area contributed by atoms with Crippen molar-refractivity contribution in [2.75, 3.05) is 6.61 Å². The summed E-state index contributed by atoms with van der Waals surface area (Å²) in [6.45, 7) is 5.31. The van der Waals surface area contributed by atoms with Gasteiger partial charge in [0.05, 0.1) is 17.6 Å². The summed E-state index contributed by atoms with van der Waals surface area (Å²) in [7, 11) is 0. The molecule has 2 aromatic carbocycles. The first-order valence-electron chi connectivity index (χ1n) is 8.54. The number of rotatable bonds is 7. The molecule has 1 aromatic heterocycles. The van der Waals surface area contributed by atoms with E-state index in [2.05, 4.69) is 28.6 Å². The minimum Gasteiger partial charge on any atom is -0.494 e. The highest BCUT2D eigenvalue weighted by Crippen LogP contribution is 2.21. The van der Waals surface area contributed by atoms with Gasteiger partial charge < -0.3 is 14.4 Å². The zero-order chi connectivity index (χ0) is 16.9. The Balaban J connectivity index is 1.63. The number of hydrogen-bond donors (Lipinski definition) is 1. The summed E-state index contributed by atoms with van der Waals surface area (Å²) in [6, 6.07) is 16.2. The van der Waals surface area contributed by atoms with Gasteiger partial charge in [0.15, 0.2) is 0 Å². The number of benzene rings is 2. The van der Waals surface area contributed by atoms with Crippen LogP contribution in [-0.2, 0) is 13.0 Å². The van der Waals surface area contributed by atoms with Gasteiger partial charge in [0.2, 0.25) is 0 Å². The topological polar surface area (TPSA) is 47.3 Å². The summed E-state index contributed by atoms with van der Waals surface area (Å²) in [5.74, 6) is 1.61. The Kier molecular flexibility index (Phi) is 5.16. The van der Waals surface area contributed by atoms with Crippen LogP contribution in [0, 0.1) is 0 Å². The number of ether oxygens (including phenoxy) is 1. The van der Waals surface area contributed by atoms with Crippen LogP contribution < -0.4 is 4.74 Å². The van der Waals surface area contributed by atoms with E-state index in [9.17, 15) is 5.11 Å². The Morgan fingerprint density at radius 2 is 1.88 bits per heavy atom. The maximum absolute atomic E-state index is 9.97. The molecule has 1 atom stereocenters. The van der Waals surface area contributed by atoms with Gasteiger partial charge in [-0.05, 0) is 49.6 Å². The number of imidazole rings is 1. The lowest BCUT2D eigenvalue weighted by molar-refractivity contribution is 0.183. The average molecular weight is 324 g/mol. The zero-order valence-electron chi connectivity index (χ0n) is 14.3. The first kappa shape index (κ1) is 16.5. The van der Waals surface area contributed by atoms with Crippen molar-refractivity contribution in [2.45, 2.75) is 39.3 Å². The largest absolute Gasteiger partial charge is 0.494 e. The molecule has 0 unspecified atom stereocenters. The third-order valence-electron chi connectivity index (χ3n) is 4.18. The van der Waals surface area contributed by atoms with Gasteiger partial charge in [-0.3, -0.25) is 0 Å². The molecule has 4 heteroatoms. The van der Waals surface area contributed by atoms with Gasteiger partial charge in [-0.15, -0.1) is 0 Å². The Morgan fingerprint density at radius 3 is 2.58 bits per heavy atom. The fourth-order valence-electron chi connectivity index (χ4n) is 2.88. The Bertz CT molecular complexity index is 791. The number of aliphatic hydroxyl groups is 1. The number of fused-ring (bicyclic) bond motifs is 1. The minimum atomic E-state index is -0.583. The van der Waals surface area contributed by atoms with Crippen molar-refractivity contribution in [3.05, 3.63) is 59.9 Å². The Morgan fingerprint density at radius 1 is 1.12 bits per heavy atom. The molecule has 0 saturated heterocycles. The quantitative estimate of drug-likeness (QED) is 0.665. The van der Waals surface area contributed by atoms with Crippen molar-refractivity contribution in [2.24, 2.45) is 0 Å². The van der Waals surface area contributed by atoms with Gasteiger partial charge in [0, 0.05) is 6.54 Å². The molecule has 24 heavy (non-hydrogen) atoms. The summed E-state index contributed by atoms with van der Waals surface area (Å²) < 4.78 is 7.91. The molecule has 0 bridgehead atoms. The summed E-state index contributed by atoms with van der Waals surface area (Å²) in [6.07, 6.45) is 1.31. The van der Waals surface area contributed by atoms with E-state index >= 15 is 0 Å². The van der Waals surface area contributed by atoms with Gasteiger partial charge >= 0.3 is 0 Å². The normalized spacial score (nSPS) is 12.5. The molecule has 0 amide bonds. The number of aliphatic hydroxyl groups excluding tert-OH is 1. The molecule has 3 rings (SSSR count). The molecule has 0 spiro atoms. The third kappa shape index (κ3) is 3.60. The van der Waals surface area contributed by atoms with Crippen LogP contribution in [0.1, 0.15) is 37.8 Å². The standard InChI is InChI=1S/C20H24N2O2/c1-3-16-9-11-17(12-10-16)24-14-6-13-22-19-8-5-4-7-18(19)21-20(22)15(2)23/h4-5,7-12,15,23H,3,6,13-14H2,1-2H3/t15-/m0/s1. The fraction of sp³-hybridized carbons (Fsp3) is 0.350. The number of hydrogen-bond acceptors (Lipinski definition) is 3. The van der Waals surface area contributed by atoms with E-state index in [0.717, 1.165) is 36.2 Å². The highest BCUT2D eigenvalue weighted by atomic mass is 16.5. The molecule has 0 aliphatic heterocycles. The van der Waals surface area contributed by atoms with Crippen LogP contribution in [-0.4, -0.2) is 21.3 Å². The molecular weight excluding hydrogens is 300 g/mol. The van der Waals surface area contributed by atoms with E-state index < -0.39 is 6.10 Å². The van der Waals surface area contributed by atoms with Gasteiger partial charge in [-0.1, -0.05) is 31.2 Å². The van der Waals surface area contributed by atoms with Gasteiger partial charge in [-0.25, -0.2) is 4.98 Å². The van der Waals surface area contributed by atoms with Crippen molar-refractivity contribution in [3.63, 3.8) is 0 Å². The maximum Gasteiger partial charge on any atom is 0.138 e. The zero-order valence-corrected chi connectivity index (χ0v) is 14.3. The van der Waals surface area contributed by atoms with E-state index in [4.69, 9.17) is 4.74 Å². The first-order chi connectivity index (χ1) is 11.7. The van der Waals surface area contributed by atoms with Crippen molar-refractivity contribution < 1.29 is 9.84 Å². The molecule has 0 aliphatic carbocycles. The molecule has 0 aliphatic rings. The molecule has 0 fully saturated rings. The number of aromatic nitrogens is 2. The fourth-order valence-corrected chi connectivity index (χ4v) is 2.88. The van der Waals surface area contributed by atoms with Crippen LogP contribution in [0.15, 0.2) is 48.5 Å². The van der Waals surface area contributed by atoms with Crippen LogP contribution in [0.3, 0.4) is 0 Å². The van der Waals surface area contributed by atoms with E-state index in [1.54, 1.807) is 6.92 Å². The van der Waals surface area contributed by atoms with Crippen LogP contribution in [0.5, 0.6) is 5.75 Å². The van der Waals surface area contributed by atoms with Gasteiger partial charge in [0.25, 0.3) is 0 Å². The van der Waals surface area contributed by atoms with Gasteiger partial charge in [-0.2, -0.15) is 0 Å². The third-order valence-corrected chi connectivity index (χ3v) is 4.18. The lowest BCUT2D eigenvalue weighted by atomic mass is 10.2. The second-order valence-corrected chi connectivity index (χ2v) is 5.99. The van der Waals surface area contributed by atoms with Crippen molar-refractivity contribution >= 4 is 11.0 Å². The van der Waals surface area contributed by atoms with E-state index in [1.165, 1.54) is 5.56 Å². The summed E-state index contributed by atoms with van der Waals surface area (Å²) in [5, 5.41) is 9.97. The van der Waals surface area contributed by atoms with Crippen molar-refractivity contribution in [3.8, 4) is 5.75 Å². The smallest absolute Gasteiger partial charge is 0.138 e. The number of aryl methyl sites for hydroxylation is 2. The van der Waals surface area contributed by atoms with Crippen LogP contribution >= 0.6 is 0 Å². The molecule has 1 N–H and O–H groups in total. The van der Waals surface area contributed by atoms with E-state index in [1.807, 2.05) is 36.4 Å². The molecule has 4 nitrogen and oxygen atoms in total. The number of nitrogens with zero attached hydrogens (tertiary/aromatic N) is 2. The van der Waals surface area contributed by atoms with E-state index in [-0.39, 0.29) is 0 Å². The molecule has 3 aromatic rings. The van der Waals surface area contributed by atoms with Crippen LogP contribution in [0.4, 0.5) is 0 Å². The average Bonchev–Trinajstić information content (AvgIpc) is 2.98. The van der Waals surface area contributed by atoms with Crippen LogP contribution in [0.2, 0.25) is 0 Å². The minimum absolute atomic E-state index is 0.583. The second kappa shape index (κ2) is 7.49. The molecule has 1 heterocycles. The Labute approximate surface area is 142 Å². The first-order valence-corrected chi connectivity index (χ1v) is 8.54. The second-order valence-electron chi connectivity index (χ2n) is 5.99. The Hall–Kier alpha value is -2.33. The highest BCUT2D eigenvalue weighted by molar-refractivity contribution is 5.75. The van der Waals surface area contributed by atoms with E-state index in [0.29, 0.717) is 12.4 Å². The molecule has 0 radical (unpaired) electrons.